The SMILES string of the molecule is CC(C(=O)NC1CCCCC1)N(Cc1ccccc1)C(=O)CN(c1cccc([N+](=O)[O-])c1)S(=O)(=O)c1ccccc1. The molecular weight excluding hydrogens is 544 g/mol. The van der Waals surface area contributed by atoms with Gasteiger partial charge in [0.1, 0.15) is 12.6 Å². The number of carbonyl (C=O) groups is 2. The van der Waals surface area contributed by atoms with Crippen molar-refractivity contribution in [2.75, 3.05) is 10.8 Å². The molecule has 1 N–H and O–H groups in total. The minimum absolute atomic E-state index is 0.0321. The van der Waals surface area contributed by atoms with Crippen LogP contribution in [-0.2, 0) is 26.2 Å². The monoisotopic (exact) mass is 578 g/mol. The molecule has 0 aromatic heterocycles. The van der Waals surface area contributed by atoms with E-state index in [9.17, 15) is 28.1 Å². The Balaban J connectivity index is 1.68. The minimum Gasteiger partial charge on any atom is -0.352 e. The number of hydrogen-bond donors (Lipinski definition) is 1. The Morgan fingerprint density at radius 2 is 1.59 bits per heavy atom. The van der Waals surface area contributed by atoms with Gasteiger partial charge in [-0.15, -0.1) is 0 Å². The summed E-state index contributed by atoms with van der Waals surface area (Å²) in [6.07, 6.45) is 4.94. The number of non-ortho nitro benzene ring substituents is 1. The van der Waals surface area contributed by atoms with E-state index in [0.29, 0.717) is 0 Å². The molecule has 3 aromatic rings. The Morgan fingerprint density at radius 1 is 0.951 bits per heavy atom. The smallest absolute Gasteiger partial charge is 0.271 e. The van der Waals surface area contributed by atoms with E-state index in [-0.39, 0.29) is 34.8 Å². The Kier molecular flexibility index (Phi) is 9.72. The van der Waals surface area contributed by atoms with Crippen molar-refractivity contribution < 1.29 is 22.9 Å². The van der Waals surface area contributed by atoms with E-state index in [4.69, 9.17) is 0 Å². The van der Waals surface area contributed by atoms with Crippen LogP contribution >= 0.6 is 0 Å². The van der Waals surface area contributed by atoms with Crippen LogP contribution in [0.15, 0.2) is 89.8 Å². The fourth-order valence-electron chi connectivity index (χ4n) is 4.94. The summed E-state index contributed by atoms with van der Waals surface area (Å²) in [6.45, 7) is 1.04. The summed E-state index contributed by atoms with van der Waals surface area (Å²) in [6, 6.07) is 21.0. The van der Waals surface area contributed by atoms with Gasteiger partial charge in [-0.25, -0.2) is 8.42 Å². The maximum absolute atomic E-state index is 14.0. The molecule has 41 heavy (non-hydrogen) atoms. The van der Waals surface area contributed by atoms with Crippen LogP contribution in [0.4, 0.5) is 11.4 Å². The molecule has 10 nitrogen and oxygen atoms in total. The summed E-state index contributed by atoms with van der Waals surface area (Å²) in [5.41, 5.74) is 0.422. The molecule has 1 aliphatic rings. The number of nitro groups is 1. The van der Waals surface area contributed by atoms with Crippen molar-refractivity contribution in [1.29, 1.82) is 0 Å². The molecule has 1 atom stereocenters. The zero-order valence-electron chi connectivity index (χ0n) is 22.9. The van der Waals surface area contributed by atoms with Crippen molar-refractivity contribution in [1.82, 2.24) is 10.2 Å². The van der Waals surface area contributed by atoms with Crippen LogP contribution in [0.25, 0.3) is 0 Å². The number of amides is 2. The highest BCUT2D eigenvalue weighted by molar-refractivity contribution is 7.92. The number of rotatable bonds is 11. The van der Waals surface area contributed by atoms with Gasteiger partial charge in [-0.1, -0.05) is 73.9 Å². The molecule has 0 aliphatic heterocycles. The summed E-state index contributed by atoms with van der Waals surface area (Å²) in [5.74, 6) is -0.930. The molecule has 4 rings (SSSR count). The number of carbonyl (C=O) groups excluding carboxylic acids is 2. The first-order chi connectivity index (χ1) is 19.7. The van der Waals surface area contributed by atoms with Crippen LogP contribution in [0.3, 0.4) is 0 Å². The molecule has 0 bridgehead atoms. The third-order valence-corrected chi connectivity index (χ3v) is 9.04. The van der Waals surface area contributed by atoms with Gasteiger partial charge in [0, 0.05) is 24.7 Å². The molecule has 0 spiro atoms. The molecule has 11 heteroatoms. The van der Waals surface area contributed by atoms with Gasteiger partial charge in [-0.3, -0.25) is 24.0 Å². The number of nitrogens with zero attached hydrogens (tertiary/aromatic N) is 3. The van der Waals surface area contributed by atoms with Crippen LogP contribution in [0.1, 0.15) is 44.6 Å². The van der Waals surface area contributed by atoms with Crippen molar-refractivity contribution in [3.63, 3.8) is 0 Å². The largest absolute Gasteiger partial charge is 0.352 e. The van der Waals surface area contributed by atoms with E-state index in [1.165, 1.54) is 35.2 Å². The lowest BCUT2D eigenvalue weighted by atomic mass is 9.95. The normalized spacial score (nSPS) is 14.6. The minimum atomic E-state index is -4.30. The molecule has 1 aliphatic carbocycles. The lowest BCUT2D eigenvalue weighted by Gasteiger charge is -2.33. The first-order valence-corrected chi connectivity index (χ1v) is 15.1. The Labute approximate surface area is 240 Å². The topological polar surface area (TPSA) is 130 Å². The summed E-state index contributed by atoms with van der Waals surface area (Å²) in [5, 5.41) is 14.5. The van der Waals surface area contributed by atoms with Gasteiger partial charge in [0.25, 0.3) is 15.7 Å². The number of hydrogen-bond acceptors (Lipinski definition) is 6. The standard InChI is InChI=1S/C30H34N4O6S/c1-23(30(36)31-25-14-7-3-8-15-25)32(21-24-12-5-2-6-13-24)29(35)22-33(26-16-11-17-27(20-26)34(37)38)41(39,40)28-18-9-4-10-19-28/h2,4-6,9-13,16-20,23,25H,3,7-8,14-15,21-22H2,1H3,(H,31,36). The van der Waals surface area contributed by atoms with E-state index in [1.54, 1.807) is 25.1 Å². The highest BCUT2D eigenvalue weighted by atomic mass is 32.2. The third kappa shape index (κ3) is 7.49. The average molecular weight is 579 g/mol. The van der Waals surface area contributed by atoms with Gasteiger partial charge >= 0.3 is 0 Å². The summed E-state index contributed by atoms with van der Waals surface area (Å²) in [7, 11) is -4.30. The molecular formula is C30H34N4O6S. The second-order valence-corrected chi connectivity index (χ2v) is 12.0. The summed E-state index contributed by atoms with van der Waals surface area (Å²) in [4.78, 5) is 39.4. The maximum Gasteiger partial charge on any atom is 0.271 e. The molecule has 0 radical (unpaired) electrons. The first-order valence-electron chi connectivity index (χ1n) is 13.6. The number of anilines is 1. The molecule has 3 aromatic carbocycles. The first kappa shape index (κ1) is 29.7. The van der Waals surface area contributed by atoms with E-state index >= 15 is 0 Å². The highest BCUT2D eigenvalue weighted by Gasteiger charge is 2.33. The highest BCUT2D eigenvalue weighted by Crippen LogP contribution is 2.27. The molecule has 1 saturated carbocycles. The average Bonchev–Trinajstić information content (AvgIpc) is 2.99. The molecule has 1 fully saturated rings. The summed E-state index contributed by atoms with van der Waals surface area (Å²) >= 11 is 0. The lowest BCUT2D eigenvalue weighted by Crippen LogP contribution is -2.53. The van der Waals surface area contributed by atoms with Crippen molar-refractivity contribution in [2.45, 2.75) is 62.6 Å². The summed E-state index contributed by atoms with van der Waals surface area (Å²) < 4.78 is 28.5. The van der Waals surface area contributed by atoms with Crippen molar-refractivity contribution >= 4 is 33.2 Å². The van der Waals surface area contributed by atoms with E-state index < -0.39 is 33.4 Å². The van der Waals surface area contributed by atoms with Gasteiger partial charge in [-0.05, 0) is 43.5 Å². The lowest BCUT2D eigenvalue weighted by molar-refractivity contribution is -0.384. The van der Waals surface area contributed by atoms with E-state index in [0.717, 1.165) is 48.0 Å². The van der Waals surface area contributed by atoms with Crippen molar-refractivity contribution in [3.8, 4) is 0 Å². The van der Waals surface area contributed by atoms with Crippen molar-refractivity contribution in [3.05, 3.63) is 101 Å². The van der Waals surface area contributed by atoms with Crippen LogP contribution in [-0.4, -0.2) is 48.7 Å². The van der Waals surface area contributed by atoms with Gasteiger partial charge in [0.05, 0.1) is 15.5 Å². The van der Waals surface area contributed by atoms with E-state index in [2.05, 4.69) is 5.32 Å². The van der Waals surface area contributed by atoms with Gasteiger partial charge in [-0.2, -0.15) is 0 Å². The Hall–Kier alpha value is -4.25. The zero-order chi connectivity index (χ0) is 29.4. The molecule has 216 valence electrons. The maximum atomic E-state index is 14.0. The molecule has 1 unspecified atom stereocenters. The Bertz CT molecular complexity index is 1460. The fraction of sp³-hybridized carbons (Fsp3) is 0.333. The quantitative estimate of drug-likeness (QED) is 0.260. The number of nitrogens with one attached hydrogen (secondary N) is 1. The predicted molar refractivity (Wildman–Crippen MR) is 156 cm³/mol. The second kappa shape index (κ2) is 13.4. The van der Waals surface area contributed by atoms with Gasteiger partial charge in [0.2, 0.25) is 11.8 Å². The predicted octanol–water partition coefficient (Wildman–Crippen LogP) is 4.66. The number of nitro benzene ring substituents is 1. The zero-order valence-corrected chi connectivity index (χ0v) is 23.7. The number of sulfonamides is 1. The van der Waals surface area contributed by atoms with Gasteiger partial charge in [0.15, 0.2) is 0 Å². The Morgan fingerprint density at radius 3 is 2.22 bits per heavy atom. The van der Waals surface area contributed by atoms with Crippen LogP contribution < -0.4 is 9.62 Å². The molecule has 2 amide bonds. The van der Waals surface area contributed by atoms with Crippen molar-refractivity contribution in [2.24, 2.45) is 0 Å². The van der Waals surface area contributed by atoms with Gasteiger partial charge < -0.3 is 10.2 Å². The third-order valence-electron chi connectivity index (χ3n) is 7.25. The van der Waals surface area contributed by atoms with Crippen LogP contribution in [0.5, 0.6) is 0 Å². The fourth-order valence-corrected chi connectivity index (χ4v) is 6.37. The molecule has 0 saturated heterocycles. The van der Waals surface area contributed by atoms with Crippen LogP contribution in [0.2, 0.25) is 0 Å². The number of benzene rings is 3. The molecule has 0 heterocycles. The second-order valence-electron chi connectivity index (χ2n) is 10.1. The van der Waals surface area contributed by atoms with E-state index in [1.807, 2.05) is 30.3 Å². The van der Waals surface area contributed by atoms with Crippen LogP contribution in [0, 0.1) is 10.1 Å².